The number of anilines is 5. The molecule has 0 bridgehead atoms. The Morgan fingerprint density at radius 3 is 1.80 bits per heavy atom. The van der Waals surface area contributed by atoms with E-state index in [4.69, 9.17) is 0 Å². The molecule has 0 radical (unpaired) electrons. The Morgan fingerprint density at radius 2 is 1.24 bits per heavy atom. The van der Waals surface area contributed by atoms with Gasteiger partial charge < -0.3 is 35.7 Å². The van der Waals surface area contributed by atoms with Crippen LogP contribution < -0.4 is 20.9 Å². The number of aliphatic hydroxyl groups is 1. The van der Waals surface area contributed by atoms with Crippen molar-refractivity contribution >= 4 is 46.2 Å². The van der Waals surface area contributed by atoms with Crippen LogP contribution in [0.2, 0.25) is 0 Å². The van der Waals surface area contributed by atoms with Crippen molar-refractivity contribution < 1.29 is 24.2 Å². The van der Waals surface area contributed by atoms with Crippen molar-refractivity contribution in [1.29, 1.82) is 0 Å². The number of aromatic amines is 1. The first-order valence-corrected chi connectivity index (χ1v) is 13.3. The van der Waals surface area contributed by atoms with Crippen molar-refractivity contribution in [1.82, 2.24) is 4.98 Å². The number of amides is 2. The van der Waals surface area contributed by atoms with Gasteiger partial charge in [0.05, 0.1) is 13.2 Å². The summed E-state index contributed by atoms with van der Waals surface area (Å²) < 4.78 is 4.64. The third kappa shape index (κ3) is 6.92. The number of hydrogen-bond acceptors (Lipinski definition) is 7. The number of piperidine rings is 1. The first-order valence-electron chi connectivity index (χ1n) is 13.3. The van der Waals surface area contributed by atoms with Crippen LogP contribution in [-0.4, -0.2) is 54.2 Å². The highest BCUT2D eigenvalue weighted by Gasteiger charge is 2.18. The van der Waals surface area contributed by atoms with Gasteiger partial charge in [0.25, 0.3) is 11.8 Å². The zero-order valence-corrected chi connectivity index (χ0v) is 22.5. The Bertz CT molecular complexity index is 1510. The number of rotatable bonds is 8. The van der Waals surface area contributed by atoms with Crippen molar-refractivity contribution in [2.24, 2.45) is 0 Å². The van der Waals surface area contributed by atoms with Gasteiger partial charge in [-0.2, -0.15) is 0 Å². The predicted molar refractivity (Wildman–Crippen MR) is 158 cm³/mol. The zero-order chi connectivity index (χ0) is 28.8. The molecule has 3 aromatic carbocycles. The fraction of sp³-hybridized carbons (Fsp3) is 0.194. The van der Waals surface area contributed by atoms with Crippen LogP contribution >= 0.6 is 0 Å². The molecule has 1 saturated heterocycles. The van der Waals surface area contributed by atoms with Crippen molar-refractivity contribution in [3.05, 3.63) is 102 Å². The molecule has 1 fully saturated rings. The molecule has 1 aliphatic rings. The van der Waals surface area contributed by atoms with Crippen LogP contribution in [0.1, 0.15) is 44.2 Å². The van der Waals surface area contributed by atoms with E-state index >= 15 is 0 Å². The Labute approximate surface area is 237 Å². The number of nitrogens with zero attached hydrogens (tertiary/aromatic N) is 1. The normalized spacial score (nSPS) is 13.4. The highest BCUT2D eigenvalue weighted by molar-refractivity contribution is 6.05. The fourth-order valence-electron chi connectivity index (χ4n) is 4.55. The Kier molecular flexibility index (Phi) is 8.31. The molecule has 0 aliphatic carbocycles. The number of methoxy groups -OCH3 is 1. The molecular formula is C31H31N5O5. The van der Waals surface area contributed by atoms with Gasteiger partial charge in [-0.15, -0.1) is 0 Å². The molecule has 1 aliphatic heterocycles. The molecule has 5 N–H and O–H groups in total. The Hall–Kier alpha value is -5.09. The second kappa shape index (κ2) is 12.4. The molecule has 2 amide bonds. The Balaban J connectivity index is 1.12. The maximum Gasteiger partial charge on any atom is 0.354 e. The maximum absolute atomic E-state index is 12.7. The van der Waals surface area contributed by atoms with E-state index in [1.54, 1.807) is 12.1 Å². The summed E-state index contributed by atoms with van der Waals surface area (Å²) in [5.41, 5.74) is 4.98. The lowest BCUT2D eigenvalue weighted by molar-refractivity contribution is 0.0594. The molecular weight excluding hydrogens is 522 g/mol. The number of H-pyrrole nitrogens is 1. The monoisotopic (exact) mass is 553 g/mol. The predicted octanol–water partition coefficient (Wildman–Crippen LogP) is 5.01. The quantitative estimate of drug-likeness (QED) is 0.194. The summed E-state index contributed by atoms with van der Waals surface area (Å²) in [6.45, 7) is 1.62. The van der Waals surface area contributed by atoms with Crippen LogP contribution in [0.15, 0.2) is 84.9 Å². The second-order valence-corrected chi connectivity index (χ2v) is 9.73. The first kappa shape index (κ1) is 27.5. The van der Waals surface area contributed by atoms with Crippen molar-refractivity contribution in [3.63, 3.8) is 0 Å². The van der Waals surface area contributed by atoms with E-state index in [-0.39, 0.29) is 29.3 Å². The average Bonchev–Trinajstić information content (AvgIpc) is 3.50. The summed E-state index contributed by atoms with van der Waals surface area (Å²) in [4.78, 5) is 41.7. The van der Waals surface area contributed by atoms with Crippen LogP contribution in [0.4, 0.5) is 28.4 Å². The van der Waals surface area contributed by atoms with Gasteiger partial charge in [-0.25, -0.2) is 4.79 Å². The van der Waals surface area contributed by atoms with Crippen LogP contribution in [-0.2, 0) is 4.74 Å². The fourth-order valence-corrected chi connectivity index (χ4v) is 4.55. The second-order valence-electron chi connectivity index (χ2n) is 9.73. The van der Waals surface area contributed by atoms with E-state index in [1.807, 2.05) is 60.7 Å². The molecule has 210 valence electrons. The summed E-state index contributed by atoms with van der Waals surface area (Å²) in [6.07, 6.45) is 1.29. The zero-order valence-electron chi connectivity index (χ0n) is 22.5. The smallest absolute Gasteiger partial charge is 0.354 e. The number of ether oxygens (including phenoxy) is 1. The summed E-state index contributed by atoms with van der Waals surface area (Å²) in [6, 6.07) is 25.1. The van der Waals surface area contributed by atoms with Gasteiger partial charge in [-0.3, -0.25) is 9.59 Å². The molecule has 5 rings (SSSR count). The Morgan fingerprint density at radius 1 is 0.732 bits per heavy atom. The van der Waals surface area contributed by atoms with Gasteiger partial charge in [0.2, 0.25) is 0 Å². The van der Waals surface area contributed by atoms with E-state index in [9.17, 15) is 19.5 Å². The summed E-state index contributed by atoms with van der Waals surface area (Å²) in [5, 5.41) is 18.7. The largest absolute Gasteiger partial charge is 0.464 e. The number of nitrogens with one attached hydrogen (secondary N) is 4. The molecule has 41 heavy (non-hydrogen) atoms. The van der Waals surface area contributed by atoms with Crippen LogP contribution in [0, 0.1) is 0 Å². The highest BCUT2D eigenvalue weighted by Crippen LogP contribution is 2.23. The number of benzene rings is 3. The summed E-state index contributed by atoms with van der Waals surface area (Å²) in [5.74, 6) is -1.11. The number of aliphatic hydroxyl groups excluding tert-OH is 1. The lowest BCUT2D eigenvalue weighted by Gasteiger charge is -2.31. The van der Waals surface area contributed by atoms with E-state index in [2.05, 4.69) is 30.6 Å². The van der Waals surface area contributed by atoms with Gasteiger partial charge in [0, 0.05) is 47.1 Å². The number of carbonyl (C=O) groups is 3. The summed E-state index contributed by atoms with van der Waals surface area (Å²) >= 11 is 0. The molecule has 10 heteroatoms. The number of esters is 1. The van der Waals surface area contributed by atoms with Gasteiger partial charge in [0.1, 0.15) is 11.4 Å². The molecule has 4 aromatic rings. The number of carbonyl (C=O) groups excluding carboxylic acids is 3. The summed E-state index contributed by atoms with van der Waals surface area (Å²) in [7, 11) is 1.27. The van der Waals surface area contributed by atoms with Crippen LogP contribution in [0.3, 0.4) is 0 Å². The average molecular weight is 554 g/mol. The van der Waals surface area contributed by atoms with Gasteiger partial charge >= 0.3 is 5.97 Å². The van der Waals surface area contributed by atoms with Crippen molar-refractivity contribution in [2.45, 2.75) is 18.9 Å². The van der Waals surface area contributed by atoms with E-state index < -0.39 is 5.97 Å². The topological polar surface area (TPSA) is 136 Å². The van der Waals surface area contributed by atoms with E-state index in [0.717, 1.165) is 43.0 Å². The third-order valence-corrected chi connectivity index (χ3v) is 6.87. The molecule has 0 unspecified atom stereocenters. The van der Waals surface area contributed by atoms with Gasteiger partial charge in [-0.05, 0) is 97.8 Å². The number of hydrogen-bond donors (Lipinski definition) is 5. The molecule has 1 aromatic heterocycles. The first-order chi connectivity index (χ1) is 19.9. The van der Waals surface area contributed by atoms with Gasteiger partial charge in [-0.1, -0.05) is 0 Å². The lowest BCUT2D eigenvalue weighted by Crippen LogP contribution is -2.35. The highest BCUT2D eigenvalue weighted by atomic mass is 16.5. The minimum Gasteiger partial charge on any atom is -0.464 e. The molecule has 10 nitrogen and oxygen atoms in total. The SMILES string of the molecule is COC(=O)c1ccc(C(=O)Nc2ccc(Nc3ccc(NC(=O)c4ccc(N5CCC(O)CC5)cc4)cc3)cc2)[nH]1. The minimum atomic E-state index is -0.545. The third-order valence-electron chi connectivity index (χ3n) is 6.87. The van der Waals surface area contributed by atoms with Crippen molar-refractivity contribution in [3.8, 4) is 0 Å². The molecule has 0 atom stereocenters. The van der Waals surface area contributed by atoms with Gasteiger partial charge in [0.15, 0.2) is 0 Å². The molecule has 2 heterocycles. The molecule has 0 spiro atoms. The van der Waals surface area contributed by atoms with Crippen LogP contribution in [0.5, 0.6) is 0 Å². The number of aromatic nitrogens is 1. The van der Waals surface area contributed by atoms with Crippen molar-refractivity contribution in [2.75, 3.05) is 41.0 Å². The molecule has 0 saturated carbocycles. The standard InChI is InChI=1S/C31H31N5O5/c1-41-31(40)28-15-14-27(35-28)30(39)34-24-10-6-22(7-11-24)32-21-4-8-23(9-5-21)33-29(38)20-2-12-25(13-3-20)36-18-16-26(37)17-19-36/h2-15,26,32,35,37H,16-19H2,1H3,(H,33,38)(H,34,39). The van der Waals surface area contributed by atoms with Crippen LogP contribution in [0.25, 0.3) is 0 Å². The maximum atomic E-state index is 12.7. The lowest BCUT2D eigenvalue weighted by atomic mass is 10.1. The van der Waals surface area contributed by atoms with E-state index in [0.29, 0.717) is 16.9 Å². The minimum absolute atomic E-state index is 0.190. The van der Waals surface area contributed by atoms with E-state index in [1.165, 1.54) is 19.2 Å².